The molecule has 0 amide bonds. The summed E-state index contributed by atoms with van der Waals surface area (Å²) < 4.78 is 4.87. The molecular weight excluding hydrogens is 424 g/mol. The SMILES string of the molecule is COC(=O)c1ccccc1NC(=S)N(CCN(C)C)Cc1cc2ccc(C)cc2[nH]c1=O. The maximum atomic E-state index is 12.8. The maximum absolute atomic E-state index is 12.8. The van der Waals surface area contributed by atoms with Crippen molar-refractivity contribution >= 4 is 39.9 Å². The normalized spacial score (nSPS) is 10.9. The first kappa shape index (κ1) is 23.4. The lowest BCUT2D eigenvalue weighted by atomic mass is 10.1. The fourth-order valence-corrected chi connectivity index (χ4v) is 3.60. The Hall–Kier alpha value is -3.23. The van der Waals surface area contributed by atoms with Crippen LogP contribution in [0, 0.1) is 6.92 Å². The van der Waals surface area contributed by atoms with Gasteiger partial charge < -0.3 is 24.8 Å². The molecule has 3 rings (SSSR count). The number of hydrogen-bond acceptors (Lipinski definition) is 5. The van der Waals surface area contributed by atoms with E-state index in [-0.39, 0.29) is 5.56 Å². The quantitative estimate of drug-likeness (QED) is 0.420. The second-order valence-electron chi connectivity index (χ2n) is 7.91. The van der Waals surface area contributed by atoms with Crippen molar-refractivity contribution in [3.63, 3.8) is 0 Å². The maximum Gasteiger partial charge on any atom is 0.339 e. The second-order valence-corrected chi connectivity index (χ2v) is 8.29. The number of H-pyrrole nitrogens is 1. The third-order valence-electron chi connectivity index (χ3n) is 5.12. The van der Waals surface area contributed by atoms with Crippen LogP contribution in [0.2, 0.25) is 0 Å². The van der Waals surface area contributed by atoms with Crippen molar-refractivity contribution in [2.45, 2.75) is 13.5 Å². The second kappa shape index (κ2) is 10.4. The van der Waals surface area contributed by atoms with Crippen LogP contribution in [0.15, 0.2) is 53.3 Å². The van der Waals surface area contributed by atoms with Crippen LogP contribution in [-0.2, 0) is 11.3 Å². The summed E-state index contributed by atoms with van der Waals surface area (Å²) in [6.45, 7) is 3.67. The molecule has 1 aromatic heterocycles. The number of rotatable bonds is 7. The predicted octanol–water partition coefficient (Wildman–Crippen LogP) is 3.38. The number of pyridine rings is 1. The van der Waals surface area contributed by atoms with Gasteiger partial charge in [-0.3, -0.25) is 4.79 Å². The van der Waals surface area contributed by atoms with E-state index < -0.39 is 5.97 Å². The third-order valence-corrected chi connectivity index (χ3v) is 5.48. The van der Waals surface area contributed by atoms with E-state index >= 15 is 0 Å². The summed E-state index contributed by atoms with van der Waals surface area (Å²) in [4.78, 5) is 31.8. The Balaban J connectivity index is 1.89. The van der Waals surface area contributed by atoms with Crippen LogP contribution >= 0.6 is 12.2 Å². The minimum absolute atomic E-state index is 0.143. The van der Waals surface area contributed by atoms with Crippen molar-refractivity contribution in [2.75, 3.05) is 39.6 Å². The number of methoxy groups -OCH3 is 1. The van der Waals surface area contributed by atoms with E-state index in [0.29, 0.717) is 35.0 Å². The molecule has 0 fully saturated rings. The number of aromatic amines is 1. The molecule has 0 saturated heterocycles. The van der Waals surface area contributed by atoms with Gasteiger partial charge in [-0.25, -0.2) is 4.79 Å². The monoisotopic (exact) mass is 452 g/mol. The minimum atomic E-state index is -0.447. The highest BCUT2D eigenvalue weighted by Gasteiger charge is 2.17. The average Bonchev–Trinajstić information content (AvgIpc) is 2.76. The van der Waals surface area contributed by atoms with Gasteiger partial charge in [-0.05, 0) is 68.5 Å². The molecule has 0 atom stereocenters. The highest BCUT2D eigenvalue weighted by molar-refractivity contribution is 7.80. The standard InChI is InChI=1S/C24H28N4O3S/c1-16-9-10-17-14-18(22(29)25-21(17)13-16)15-28(12-11-27(2)3)24(32)26-20-8-6-5-7-19(20)23(30)31-4/h5-10,13-14H,11-12,15H2,1-4H3,(H,25,29)(H,26,32). The van der Waals surface area contributed by atoms with Crippen LogP contribution in [0.4, 0.5) is 5.69 Å². The molecule has 0 aliphatic rings. The number of ether oxygens (including phenoxy) is 1. The van der Waals surface area contributed by atoms with Gasteiger partial charge in [0, 0.05) is 24.2 Å². The molecule has 1 heterocycles. The zero-order valence-corrected chi connectivity index (χ0v) is 19.6. The summed E-state index contributed by atoms with van der Waals surface area (Å²) in [5.74, 6) is -0.447. The number of hydrogen-bond donors (Lipinski definition) is 2. The van der Waals surface area contributed by atoms with Gasteiger partial charge >= 0.3 is 5.97 Å². The van der Waals surface area contributed by atoms with Crippen LogP contribution in [0.1, 0.15) is 21.5 Å². The fraction of sp³-hybridized carbons (Fsp3) is 0.292. The van der Waals surface area contributed by atoms with Crippen LogP contribution in [0.25, 0.3) is 10.9 Å². The first-order valence-corrected chi connectivity index (χ1v) is 10.7. The number of carbonyl (C=O) groups is 1. The first-order valence-electron chi connectivity index (χ1n) is 10.3. The summed E-state index contributed by atoms with van der Waals surface area (Å²) >= 11 is 5.68. The zero-order chi connectivity index (χ0) is 23.3. The van der Waals surface area contributed by atoms with Gasteiger partial charge in [0.2, 0.25) is 0 Å². The van der Waals surface area contributed by atoms with Gasteiger partial charge in [0.1, 0.15) is 0 Å². The molecule has 0 bridgehead atoms. The highest BCUT2D eigenvalue weighted by atomic mass is 32.1. The zero-order valence-electron chi connectivity index (χ0n) is 18.8. The number of nitrogens with zero attached hydrogens (tertiary/aromatic N) is 2. The lowest BCUT2D eigenvalue weighted by Gasteiger charge is -2.27. The molecule has 0 radical (unpaired) electrons. The van der Waals surface area contributed by atoms with Crippen molar-refractivity contribution in [2.24, 2.45) is 0 Å². The Morgan fingerprint density at radius 1 is 1.12 bits per heavy atom. The van der Waals surface area contributed by atoms with Crippen molar-refractivity contribution in [3.8, 4) is 0 Å². The van der Waals surface area contributed by atoms with Crippen LogP contribution in [-0.4, -0.2) is 60.2 Å². The Morgan fingerprint density at radius 3 is 2.59 bits per heavy atom. The van der Waals surface area contributed by atoms with Gasteiger partial charge in [0.25, 0.3) is 5.56 Å². The summed E-state index contributed by atoms with van der Waals surface area (Å²) in [5, 5.41) is 4.55. The molecule has 0 unspecified atom stereocenters. The lowest BCUT2D eigenvalue weighted by Crippen LogP contribution is -2.40. The van der Waals surface area contributed by atoms with Crippen molar-refractivity contribution in [3.05, 3.63) is 75.6 Å². The molecule has 3 aromatic rings. The number of anilines is 1. The number of esters is 1. The molecule has 0 aliphatic heterocycles. The number of thiocarbonyl (C=S) groups is 1. The number of aryl methyl sites for hydroxylation is 1. The van der Waals surface area contributed by atoms with Gasteiger partial charge in [0.05, 0.1) is 24.9 Å². The topological polar surface area (TPSA) is 77.7 Å². The fourth-order valence-electron chi connectivity index (χ4n) is 3.33. The van der Waals surface area contributed by atoms with E-state index in [9.17, 15) is 9.59 Å². The first-order chi connectivity index (χ1) is 15.3. The summed E-state index contributed by atoms with van der Waals surface area (Å²) in [6, 6.07) is 14.9. The molecule has 32 heavy (non-hydrogen) atoms. The van der Waals surface area contributed by atoms with Gasteiger partial charge in [0.15, 0.2) is 5.11 Å². The Kier molecular flexibility index (Phi) is 7.61. The molecular formula is C24H28N4O3S. The Morgan fingerprint density at radius 2 is 1.88 bits per heavy atom. The van der Waals surface area contributed by atoms with Crippen molar-refractivity contribution in [1.82, 2.24) is 14.8 Å². The number of likely N-dealkylation sites (N-methyl/N-ethyl adjacent to an activating group) is 1. The van der Waals surface area contributed by atoms with Gasteiger partial charge in [-0.15, -0.1) is 0 Å². The average molecular weight is 453 g/mol. The largest absolute Gasteiger partial charge is 0.465 e. The third kappa shape index (κ3) is 5.72. The molecule has 2 aromatic carbocycles. The number of fused-ring (bicyclic) bond motifs is 1. The number of nitrogens with one attached hydrogen (secondary N) is 2. The molecule has 7 nitrogen and oxygen atoms in total. The van der Waals surface area contributed by atoms with Crippen LogP contribution in [0.5, 0.6) is 0 Å². The smallest absolute Gasteiger partial charge is 0.339 e. The van der Waals surface area contributed by atoms with E-state index in [4.69, 9.17) is 17.0 Å². The van der Waals surface area contributed by atoms with Crippen LogP contribution in [0.3, 0.4) is 0 Å². The van der Waals surface area contributed by atoms with Gasteiger partial charge in [-0.1, -0.05) is 24.3 Å². The Bertz CT molecular complexity index is 1190. The van der Waals surface area contributed by atoms with E-state index in [1.54, 1.807) is 18.2 Å². The number of para-hydroxylation sites is 1. The molecule has 8 heteroatoms. The predicted molar refractivity (Wildman–Crippen MR) is 132 cm³/mol. The van der Waals surface area contributed by atoms with Crippen molar-refractivity contribution in [1.29, 1.82) is 0 Å². The van der Waals surface area contributed by atoms with E-state index in [0.717, 1.165) is 23.0 Å². The van der Waals surface area contributed by atoms with E-state index in [2.05, 4.69) is 10.3 Å². The highest BCUT2D eigenvalue weighted by Crippen LogP contribution is 2.18. The summed E-state index contributed by atoms with van der Waals surface area (Å²) in [6.07, 6.45) is 0. The van der Waals surface area contributed by atoms with Crippen LogP contribution < -0.4 is 10.9 Å². The molecule has 0 saturated carbocycles. The Labute approximate surface area is 193 Å². The van der Waals surface area contributed by atoms with Crippen molar-refractivity contribution < 1.29 is 9.53 Å². The molecule has 0 aliphatic carbocycles. The molecule has 0 spiro atoms. The number of carbonyl (C=O) groups excluding carboxylic acids is 1. The number of benzene rings is 2. The van der Waals surface area contributed by atoms with Gasteiger partial charge in [-0.2, -0.15) is 0 Å². The summed E-state index contributed by atoms with van der Waals surface area (Å²) in [5.41, 5.74) is 3.32. The number of aromatic nitrogens is 1. The minimum Gasteiger partial charge on any atom is -0.465 e. The molecule has 2 N–H and O–H groups in total. The summed E-state index contributed by atoms with van der Waals surface area (Å²) in [7, 11) is 5.30. The molecule has 168 valence electrons. The van der Waals surface area contributed by atoms with E-state index in [1.165, 1.54) is 7.11 Å². The van der Waals surface area contributed by atoms with E-state index in [1.807, 2.05) is 61.2 Å². The lowest BCUT2D eigenvalue weighted by molar-refractivity contribution is 0.0602.